The van der Waals surface area contributed by atoms with E-state index in [1.807, 2.05) is 17.7 Å². The number of aromatic nitrogens is 2. The molecule has 0 amide bonds. The summed E-state index contributed by atoms with van der Waals surface area (Å²) in [6, 6.07) is 0. The van der Waals surface area contributed by atoms with Crippen LogP contribution in [0.15, 0.2) is 29.9 Å². The van der Waals surface area contributed by atoms with E-state index in [0.717, 1.165) is 11.4 Å². The summed E-state index contributed by atoms with van der Waals surface area (Å²) in [7, 11) is 1.54. The Kier molecular flexibility index (Phi) is 2.99. The van der Waals surface area contributed by atoms with Crippen molar-refractivity contribution >= 4 is 11.7 Å². The largest absolute Gasteiger partial charge is 0.495 e. The maximum Gasteiger partial charge on any atom is 0.331 e. The molecule has 5 nitrogen and oxygen atoms in total. The summed E-state index contributed by atoms with van der Waals surface area (Å²) in [6.45, 7) is 1.91. The number of carbonyl (C=O) groups is 1. The van der Waals surface area contributed by atoms with Crippen molar-refractivity contribution in [2.75, 3.05) is 7.11 Å². The average molecular weight is 234 g/mol. The molecular weight excluding hydrogens is 220 g/mol. The van der Waals surface area contributed by atoms with Gasteiger partial charge in [0.15, 0.2) is 0 Å². The number of carboxylic acids is 1. The normalized spacial score (nSPS) is 15.8. The molecule has 0 saturated carbocycles. The molecule has 0 unspecified atom stereocenters. The van der Waals surface area contributed by atoms with Crippen LogP contribution in [0.3, 0.4) is 0 Å². The fourth-order valence-corrected chi connectivity index (χ4v) is 1.86. The Morgan fingerprint density at radius 3 is 2.82 bits per heavy atom. The number of carboxylic acid groups (broad SMARTS) is 1. The van der Waals surface area contributed by atoms with Crippen LogP contribution in [0.1, 0.15) is 18.5 Å². The molecule has 90 valence electrons. The number of aryl methyl sites for hydroxylation is 1. The number of ether oxygens (including phenoxy) is 1. The molecule has 0 spiro atoms. The van der Waals surface area contributed by atoms with Crippen molar-refractivity contribution in [3.63, 3.8) is 0 Å². The van der Waals surface area contributed by atoms with Crippen LogP contribution < -0.4 is 0 Å². The summed E-state index contributed by atoms with van der Waals surface area (Å²) < 4.78 is 7.12. The number of allylic oxidation sites excluding steroid dienone is 2. The number of aliphatic carboxylic acids is 1. The molecule has 0 atom stereocenters. The van der Waals surface area contributed by atoms with Crippen LogP contribution in [0, 0.1) is 6.92 Å². The molecule has 1 heterocycles. The lowest BCUT2D eigenvalue weighted by atomic mass is 10.0. The minimum Gasteiger partial charge on any atom is -0.495 e. The highest BCUT2D eigenvalue weighted by molar-refractivity contribution is 5.88. The highest BCUT2D eigenvalue weighted by Gasteiger charge is 2.19. The molecule has 1 aliphatic carbocycles. The third-order valence-corrected chi connectivity index (χ3v) is 2.74. The maximum atomic E-state index is 10.9. The smallest absolute Gasteiger partial charge is 0.331 e. The first-order chi connectivity index (χ1) is 8.11. The van der Waals surface area contributed by atoms with Crippen molar-refractivity contribution in [2.45, 2.75) is 19.8 Å². The van der Waals surface area contributed by atoms with E-state index in [2.05, 4.69) is 4.98 Å². The van der Waals surface area contributed by atoms with Crippen molar-refractivity contribution in [2.24, 2.45) is 0 Å². The van der Waals surface area contributed by atoms with E-state index in [1.54, 1.807) is 19.5 Å². The minimum absolute atomic E-state index is 0.377. The number of rotatable bonds is 3. The Labute approximate surface area is 99.0 Å². The topological polar surface area (TPSA) is 64.4 Å². The van der Waals surface area contributed by atoms with Crippen molar-refractivity contribution in [1.82, 2.24) is 9.55 Å². The van der Waals surface area contributed by atoms with Gasteiger partial charge in [-0.05, 0) is 25.8 Å². The van der Waals surface area contributed by atoms with Crippen molar-refractivity contribution in [3.8, 4) is 0 Å². The van der Waals surface area contributed by atoms with Crippen molar-refractivity contribution in [3.05, 3.63) is 35.6 Å². The van der Waals surface area contributed by atoms with Gasteiger partial charge in [-0.25, -0.2) is 9.78 Å². The molecule has 0 bridgehead atoms. The second-order valence-corrected chi connectivity index (χ2v) is 3.91. The molecule has 5 heteroatoms. The molecular formula is C12H14N2O3. The number of hydrogen-bond donors (Lipinski definition) is 1. The molecule has 2 rings (SSSR count). The highest BCUT2D eigenvalue weighted by Crippen LogP contribution is 2.28. The van der Waals surface area contributed by atoms with E-state index < -0.39 is 5.97 Å². The van der Waals surface area contributed by atoms with Crippen LogP contribution in [0.4, 0.5) is 0 Å². The Morgan fingerprint density at radius 1 is 1.53 bits per heavy atom. The SMILES string of the molecule is COC1=C(n2cnc(C)c2)CCC(C(=O)O)=C1. The van der Waals surface area contributed by atoms with E-state index >= 15 is 0 Å². The van der Waals surface area contributed by atoms with Crippen molar-refractivity contribution < 1.29 is 14.6 Å². The van der Waals surface area contributed by atoms with Crippen LogP contribution in [-0.4, -0.2) is 27.7 Å². The summed E-state index contributed by atoms with van der Waals surface area (Å²) in [5.74, 6) is -0.300. The van der Waals surface area contributed by atoms with E-state index in [4.69, 9.17) is 9.84 Å². The van der Waals surface area contributed by atoms with Gasteiger partial charge < -0.3 is 14.4 Å². The lowest BCUT2D eigenvalue weighted by Gasteiger charge is -2.18. The maximum absolute atomic E-state index is 10.9. The Balaban J connectivity index is 2.42. The molecule has 0 radical (unpaired) electrons. The first-order valence-electron chi connectivity index (χ1n) is 5.34. The molecule has 0 fully saturated rings. The van der Waals surface area contributed by atoms with Gasteiger partial charge >= 0.3 is 5.97 Å². The first-order valence-corrected chi connectivity index (χ1v) is 5.34. The van der Waals surface area contributed by atoms with Crippen molar-refractivity contribution in [1.29, 1.82) is 0 Å². The second-order valence-electron chi connectivity index (χ2n) is 3.91. The summed E-state index contributed by atoms with van der Waals surface area (Å²) in [5, 5.41) is 8.95. The second kappa shape index (κ2) is 4.45. The molecule has 17 heavy (non-hydrogen) atoms. The van der Waals surface area contributed by atoms with Crippen LogP contribution in [0.2, 0.25) is 0 Å². The summed E-state index contributed by atoms with van der Waals surface area (Å²) >= 11 is 0. The third-order valence-electron chi connectivity index (χ3n) is 2.74. The van der Waals surface area contributed by atoms with Gasteiger partial charge in [0, 0.05) is 11.8 Å². The monoisotopic (exact) mass is 234 g/mol. The van der Waals surface area contributed by atoms with E-state index in [1.165, 1.54) is 0 Å². The van der Waals surface area contributed by atoms with Gasteiger partial charge in [-0.3, -0.25) is 0 Å². The Hall–Kier alpha value is -2.04. The zero-order valence-electron chi connectivity index (χ0n) is 9.80. The third kappa shape index (κ3) is 2.22. The van der Waals surface area contributed by atoms with Gasteiger partial charge in [-0.1, -0.05) is 0 Å². The quantitative estimate of drug-likeness (QED) is 0.866. The van der Waals surface area contributed by atoms with Crippen LogP contribution in [-0.2, 0) is 9.53 Å². The molecule has 0 aromatic carbocycles. The standard InChI is InChI=1S/C12H14N2O3/c1-8-6-14(7-13-8)10-4-3-9(12(15)16)5-11(10)17-2/h5-7H,3-4H2,1-2H3,(H,15,16). The van der Waals surface area contributed by atoms with Gasteiger partial charge in [0.2, 0.25) is 0 Å². The molecule has 1 aromatic rings. The molecule has 0 aliphatic heterocycles. The van der Waals surface area contributed by atoms with Gasteiger partial charge in [-0.15, -0.1) is 0 Å². The molecule has 1 aromatic heterocycles. The average Bonchev–Trinajstić information content (AvgIpc) is 2.74. The summed E-state index contributed by atoms with van der Waals surface area (Å²) in [4.78, 5) is 15.0. The fourth-order valence-electron chi connectivity index (χ4n) is 1.86. The lowest BCUT2D eigenvalue weighted by molar-refractivity contribution is -0.132. The molecule has 1 N–H and O–H groups in total. The number of imidazole rings is 1. The first kappa shape index (κ1) is 11.4. The van der Waals surface area contributed by atoms with Crippen LogP contribution in [0.25, 0.3) is 5.70 Å². The number of hydrogen-bond acceptors (Lipinski definition) is 3. The number of nitrogens with zero attached hydrogens (tertiary/aromatic N) is 2. The predicted molar refractivity (Wildman–Crippen MR) is 62.1 cm³/mol. The molecule has 0 saturated heterocycles. The predicted octanol–water partition coefficient (Wildman–Crippen LogP) is 1.81. The van der Waals surface area contributed by atoms with E-state index in [-0.39, 0.29) is 0 Å². The van der Waals surface area contributed by atoms with Gasteiger partial charge in [0.25, 0.3) is 0 Å². The van der Waals surface area contributed by atoms with Crippen LogP contribution in [0.5, 0.6) is 0 Å². The zero-order chi connectivity index (χ0) is 12.4. The highest BCUT2D eigenvalue weighted by atomic mass is 16.5. The van der Waals surface area contributed by atoms with Crippen LogP contribution >= 0.6 is 0 Å². The molecule has 1 aliphatic rings. The van der Waals surface area contributed by atoms with E-state index in [0.29, 0.717) is 24.2 Å². The van der Waals surface area contributed by atoms with E-state index in [9.17, 15) is 4.79 Å². The van der Waals surface area contributed by atoms with Gasteiger partial charge in [0.05, 0.1) is 24.8 Å². The lowest BCUT2D eigenvalue weighted by Crippen LogP contribution is -2.10. The Bertz CT molecular complexity index is 512. The summed E-state index contributed by atoms with van der Waals surface area (Å²) in [5.41, 5.74) is 2.24. The summed E-state index contributed by atoms with van der Waals surface area (Å²) in [6.07, 6.45) is 6.33. The van der Waals surface area contributed by atoms with Gasteiger partial charge in [-0.2, -0.15) is 0 Å². The zero-order valence-corrected chi connectivity index (χ0v) is 9.80. The Morgan fingerprint density at radius 2 is 2.29 bits per heavy atom. The fraction of sp³-hybridized carbons (Fsp3) is 0.333. The van der Waals surface area contributed by atoms with Gasteiger partial charge in [0.1, 0.15) is 5.76 Å². The number of methoxy groups -OCH3 is 1. The minimum atomic E-state index is -0.889.